The first-order valence-corrected chi connectivity index (χ1v) is 7.71. The number of amides is 1. The van der Waals surface area contributed by atoms with E-state index in [-0.39, 0.29) is 30.1 Å². The number of nitrogens with one attached hydrogen (secondary N) is 1. The summed E-state index contributed by atoms with van der Waals surface area (Å²) in [6.07, 6.45) is 1.62. The van der Waals surface area contributed by atoms with Crippen molar-refractivity contribution in [1.82, 2.24) is 10.3 Å². The Morgan fingerprint density at radius 1 is 1.17 bits per heavy atom. The number of oxazole rings is 1. The van der Waals surface area contributed by atoms with Crippen molar-refractivity contribution in [3.05, 3.63) is 53.2 Å². The van der Waals surface area contributed by atoms with Crippen LogP contribution in [-0.2, 0) is 11.3 Å². The van der Waals surface area contributed by atoms with Crippen LogP contribution in [0.4, 0.5) is 0 Å². The maximum atomic E-state index is 12.2. The van der Waals surface area contributed by atoms with Crippen LogP contribution < -0.4 is 5.32 Å². The molecule has 1 aromatic heterocycles. The Kier molecular flexibility index (Phi) is 5.32. The van der Waals surface area contributed by atoms with E-state index in [1.807, 2.05) is 32.9 Å². The number of ketones is 1. The van der Waals surface area contributed by atoms with Gasteiger partial charge in [-0.2, -0.15) is 0 Å². The smallest absolute Gasteiger partial charge is 0.227 e. The number of benzene rings is 1. The molecule has 122 valence electrons. The molecule has 1 heterocycles. The largest absolute Gasteiger partial charge is 0.444 e. The first kappa shape index (κ1) is 16.9. The van der Waals surface area contributed by atoms with Crippen LogP contribution in [0, 0.1) is 12.8 Å². The Balaban J connectivity index is 1.97. The normalized spacial score (nSPS) is 12.2. The van der Waals surface area contributed by atoms with Crippen LogP contribution in [0.25, 0.3) is 0 Å². The quantitative estimate of drug-likeness (QED) is 0.831. The van der Waals surface area contributed by atoms with E-state index in [1.165, 1.54) is 0 Å². The van der Waals surface area contributed by atoms with Crippen LogP contribution in [0.1, 0.15) is 54.3 Å². The molecule has 1 N–H and O–H groups in total. The van der Waals surface area contributed by atoms with Gasteiger partial charge in [0.25, 0.3) is 0 Å². The third-order valence-electron chi connectivity index (χ3n) is 3.70. The zero-order chi connectivity index (χ0) is 17.0. The predicted octanol–water partition coefficient (Wildman–Crippen LogP) is 3.24. The minimum Gasteiger partial charge on any atom is -0.444 e. The van der Waals surface area contributed by atoms with Crippen molar-refractivity contribution in [2.24, 2.45) is 5.92 Å². The molecular formula is C18H22N2O3. The molecule has 5 nitrogen and oxygen atoms in total. The predicted molar refractivity (Wildman–Crippen MR) is 87.1 cm³/mol. The van der Waals surface area contributed by atoms with E-state index in [1.54, 1.807) is 25.3 Å². The van der Waals surface area contributed by atoms with Crippen LogP contribution >= 0.6 is 0 Å². The van der Waals surface area contributed by atoms with E-state index in [0.29, 0.717) is 17.2 Å². The van der Waals surface area contributed by atoms with Gasteiger partial charge in [0.1, 0.15) is 5.76 Å². The lowest BCUT2D eigenvalue weighted by Crippen LogP contribution is -2.27. The average Bonchev–Trinajstić information content (AvgIpc) is 2.96. The molecule has 0 aliphatic heterocycles. The number of hydrogen-bond donors (Lipinski definition) is 1. The Morgan fingerprint density at radius 2 is 1.83 bits per heavy atom. The number of carbonyl (C=O) groups is 2. The van der Waals surface area contributed by atoms with Crippen LogP contribution in [0.2, 0.25) is 0 Å². The van der Waals surface area contributed by atoms with Crippen LogP contribution in [0.3, 0.4) is 0 Å². The molecule has 0 fully saturated rings. The molecule has 1 aromatic carbocycles. The fourth-order valence-electron chi connectivity index (χ4n) is 2.22. The maximum Gasteiger partial charge on any atom is 0.227 e. The number of Topliss-reactive ketones (excluding diaryl/α,β-unsaturated/α-hetero) is 1. The van der Waals surface area contributed by atoms with Crippen LogP contribution in [0.15, 0.2) is 34.9 Å². The molecule has 0 bridgehead atoms. The Hall–Kier alpha value is -2.43. The number of aromatic nitrogens is 1. The summed E-state index contributed by atoms with van der Waals surface area (Å²) in [4.78, 5) is 28.2. The summed E-state index contributed by atoms with van der Waals surface area (Å²) in [7, 11) is 0. The maximum absolute atomic E-state index is 12.2. The van der Waals surface area contributed by atoms with E-state index in [9.17, 15) is 9.59 Å². The fourth-order valence-corrected chi connectivity index (χ4v) is 2.22. The van der Waals surface area contributed by atoms with Crippen molar-refractivity contribution in [3.8, 4) is 0 Å². The van der Waals surface area contributed by atoms with Gasteiger partial charge in [0, 0.05) is 11.5 Å². The summed E-state index contributed by atoms with van der Waals surface area (Å²) < 4.78 is 5.32. The molecule has 0 radical (unpaired) electrons. The molecular weight excluding hydrogens is 292 g/mol. The molecule has 0 unspecified atom stereocenters. The first-order valence-electron chi connectivity index (χ1n) is 7.71. The van der Waals surface area contributed by atoms with Gasteiger partial charge < -0.3 is 9.73 Å². The van der Waals surface area contributed by atoms with Crippen LogP contribution in [-0.4, -0.2) is 16.7 Å². The van der Waals surface area contributed by atoms with Crippen molar-refractivity contribution < 1.29 is 14.0 Å². The van der Waals surface area contributed by atoms with E-state index in [4.69, 9.17) is 4.42 Å². The number of carbonyl (C=O) groups excluding carboxylic acids is 2. The second-order valence-corrected chi connectivity index (χ2v) is 5.95. The fraction of sp³-hybridized carbons (Fsp3) is 0.389. The zero-order valence-electron chi connectivity index (χ0n) is 13.9. The molecule has 0 aliphatic rings. The summed E-state index contributed by atoms with van der Waals surface area (Å²) >= 11 is 0. The monoisotopic (exact) mass is 314 g/mol. The number of rotatable bonds is 6. The summed E-state index contributed by atoms with van der Waals surface area (Å²) in [5, 5.41) is 2.80. The van der Waals surface area contributed by atoms with Crippen molar-refractivity contribution in [2.75, 3.05) is 0 Å². The average molecular weight is 314 g/mol. The molecule has 1 amide bonds. The van der Waals surface area contributed by atoms with Gasteiger partial charge in [0.2, 0.25) is 11.8 Å². The molecule has 23 heavy (non-hydrogen) atoms. The van der Waals surface area contributed by atoms with Gasteiger partial charge in [-0.25, -0.2) is 4.98 Å². The molecule has 2 aromatic rings. The lowest BCUT2D eigenvalue weighted by Gasteiger charge is -2.12. The second kappa shape index (κ2) is 7.22. The third kappa shape index (κ3) is 4.28. The first-order chi connectivity index (χ1) is 10.9. The minimum atomic E-state index is -0.311. The van der Waals surface area contributed by atoms with Crippen molar-refractivity contribution in [3.63, 3.8) is 0 Å². The minimum absolute atomic E-state index is 0.0363. The number of hydrogen-bond acceptors (Lipinski definition) is 4. The van der Waals surface area contributed by atoms with Gasteiger partial charge in [-0.05, 0) is 19.4 Å². The number of nitrogens with zero attached hydrogens (tertiary/aromatic N) is 1. The summed E-state index contributed by atoms with van der Waals surface area (Å²) in [5.41, 5.74) is 1.54. The van der Waals surface area contributed by atoms with Crippen molar-refractivity contribution in [2.45, 2.75) is 40.2 Å². The molecule has 0 saturated heterocycles. The Morgan fingerprint density at radius 3 is 2.35 bits per heavy atom. The number of aryl methyl sites for hydroxylation is 1. The SMILES string of the molecule is Cc1cnc(CNC(=O)[C@@H](C)c2ccc(C(=O)C(C)C)cc2)o1. The standard InChI is InChI=1S/C18H22N2O3/c1-11(2)17(21)15-7-5-14(6-8-15)13(4)18(22)20-10-16-19-9-12(3)23-16/h5-9,11,13H,10H2,1-4H3,(H,20,22)/t13-/m0/s1. The van der Waals surface area contributed by atoms with Gasteiger partial charge in [-0.1, -0.05) is 38.1 Å². The lowest BCUT2D eigenvalue weighted by atomic mass is 9.95. The van der Waals surface area contributed by atoms with Crippen molar-refractivity contribution >= 4 is 11.7 Å². The lowest BCUT2D eigenvalue weighted by molar-refractivity contribution is -0.122. The van der Waals surface area contributed by atoms with E-state index < -0.39 is 0 Å². The zero-order valence-corrected chi connectivity index (χ0v) is 13.9. The Bertz CT molecular complexity index is 687. The summed E-state index contributed by atoms with van der Waals surface area (Å²) in [6, 6.07) is 7.21. The van der Waals surface area contributed by atoms with Gasteiger partial charge in [-0.3, -0.25) is 9.59 Å². The van der Waals surface area contributed by atoms with Gasteiger partial charge in [-0.15, -0.1) is 0 Å². The summed E-state index contributed by atoms with van der Waals surface area (Å²) in [6.45, 7) is 7.64. The highest BCUT2D eigenvalue weighted by Crippen LogP contribution is 2.18. The highest BCUT2D eigenvalue weighted by Gasteiger charge is 2.17. The van der Waals surface area contributed by atoms with E-state index in [0.717, 1.165) is 5.56 Å². The van der Waals surface area contributed by atoms with Gasteiger partial charge >= 0.3 is 0 Å². The highest BCUT2D eigenvalue weighted by molar-refractivity contribution is 5.97. The highest BCUT2D eigenvalue weighted by atomic mass is 16.4. The van der Waals surface area contributed by atoms with Gasteiger partial charge in [0.15, 0.2) is 5.78 Å². The van der Waals surface area contributed by atoms with Crippen LogP contribution in [0.5, 0.6) is 0 Å². The molecule has 5 heteroatoms. The molecule has 0 saturated carbocycles. The molecule has 1 atom stereocenters. The molecule has 0 aliphatic carbocycles. The topological polar surface area (TPSA) is 72.2 Å². The van der Waals surface area contributed by atoms with E-state index in [2.05, 4.69) is 10.3 Å². The Labute approximate surface area is 136 Å². The molecule has 0 spiro atoms. The van der Waals surface area contributed by atoms with E-state index >= 15 is 0 Å². The second-order valence-electron chi connectivity index (χ2n) is 5.95. The third-order valence-corrected chi connectivity index (χ3v) is 3.70. The van der Waals surface area contributed by atoms with Gasteiger partial charge in [0.05, 0.1) is 18.7 Å². The molecule has 2 rings (SSSR count). The van der Waals surface area contributed by atoms with Crippen molar-refractivity contribution in [1.29, 1.82) is 0 Å². The summed E-state index contributed by atoms with van der Waals surface area (Å²) in [5.74, 6) is 0.852.